The Morgan fingerprint density at radius 3 is 2.80 bits per heavy atom. The van der Waals surface area contributed by atoms with E-state index in [1.54, 1.807) is 10.4 Å². The molecule has 2 fully saturated rings. The summed E-state index contributed by atoms with van der Waals surface area (Å²) in [6, 6.07) is 4.60. The van der Waals surface area contributed by atoms with Gasteiger partial charge in [-0.2, -0.15) is 9.29 Å². The van der Waals surface area contributed by atoms with E-state index in [1.807, 2.05) is 6.92 Å². The van der Waals surface area contributed by atoms with Crippen LogP contribution in [0.1, 0.15) is 63.1 Å². The Labute approximate surface area is 173 Å². The first kappa shape index (κ1) is 19.5. The number of piperidine rings is 1. The Kier molecular flexibility index (Phi) is 4.78. The van der Waals surface area contributed by atoms with Crippen LogP contribution < -0.4 is 5.76 Å². The largest absolute Gasteiger partial charge is 0.420 e. The van der Waals surface area contributed by atoms with Crippen molar-refractivity contribution in [1.29, 1.82) is 0 Å². The number of nitrogens with zero attached hydrogens (tertiary/aromatic N) is 4. The lowest BCUT2D eigenvalue weighted by Crippen LogP contribution is -2.43. The first-order valence-corrected chi connectivity index (χ1v) is 11.9. The highest BCUT2D eigenvalue weighted by atomic mass is 32.2. The summed E-state index contributed by atoms with van der Waals surface area (Å²) in [4.78, 5) is 16.9. The maximum Gasteiger partial charge on any atom is 0.420 e. The van der Waals surface area contributed by atoms with Gasteiger partial charge in [0.25, 0.3) is 0 Å². The molecule has 2 aromatic heterocycles. The summed E-state index contributed by atoms with van der Waals surface area (Å²) in [7, 11) is -3.65. The Bertz CT molecular complexity index is 1240. The zero-order valence-corrected chi connectivity index (χ0v) is 17.6. The molecule has 1 aliphatic carbocycles. The van der Waals surface area contributed by atoms with E-state index >= 15 is 0 Å². The van der Waals surface area contributed by atoms with Gasteiger partial charge < -0.3 is 8.94 Å². The Morgan fingerprint density at radius 2 is 2.03 bits per heavy atom. The third kappa shape index (κ3) is 3.37. The van der Waals surface area contributed by atoms with Crippen LogP contribution in [0.15, 0.2) is 36.8 Å². The van der Waals surface area contributed by atoms with Crippen LogP contribution in [-0.2, 0) is 16.6 Å². The maximum absolute atomic E-state index is 13.2. The van der Waals surface area contributed by atoms with Gasteiger partial charge in [0.1, 0.15) is 0 Å². The van der Waals surface area contributed by atoms with Crippen molar-refractivity contribution in [1.82, 2.24) is 19.0 Å². The molecule has 9 nitrogen and oxygen atoms in total. The normalized spacial score (nSPS) is 20.8. The molecule has 0 bridgehead atoms. The number of oxazole rings is 1. The standard InChI is InChI=1S/C20H24N4O5S/c1-2-14-5-3-4-10-24(14)30(26,27)15-8-9-16-17(11-15)28-20(25)23(16)12-18-21-19(29-22-18)13-6-7-13/h8-9,11,13-14H,2-7,10,12H2,1H3/t14-/m1/s1. The van der Waals surface area contributed by atoms with Crippen LogP contribution >= 0.6 is 0 Å². The highest BCUT2D eigenvalue weighted by molar-refractivity contribution is 7.89. The van der Waals surface area contributed by atoms with Gasteiger partial charge in [0, 0.05) is 24.6 Å². The van der Waals surface area contributed by atoms with Crippen LogP contribution in [0.3, 0.4) is 0 Å². The molecule has 30 heavy (non-hydrogen) atoms. The number of fused-ring (bicyclic) bond motifs is 1. The van der Waals surface area contributed by atoms with Gasteiger partial charge in [-0.25, -0.2) is 13.2 Å². The van der Waals surface area contributed by atoms with E-state index < -0.39 is 15.8 Å². The van der Waals surface area contributed by atoms with Crippen LogP contribution in [0.5, 0.6) is 0 Å². The fourth-order valence-corrected chi connectivity index (χ4v) is 5.94. The summed E-state index contributed by atoms with van der Waals surface area (Å²) in [5.41, 5.74) is 0.736. The minimum absolute atomic E-state index is 0.00922. The number of rotatable bonds is 6. The van der Waals surface area contributed by atoms with Gasteiger partial charge in [0.2, 0.25) is 15.9 Å². The number of benzene rings is 1. The summed E-state index contributed by atoms with van der Waals surface area (Å²) in [6.45, 7) is 2.64. The highest BCUT2D eigenvalue weighted by Crippen LogP contribution is 2.38. The fourth-order valence-electron chi connectivity index (χ4n) is 4.16. The van der Waals surface area contributed by atoms with Crippen molar-refractivity contribution in [3.8, 4) is 0 Å². The molecule has 0 amide bonds. The van der Waals surface area contributed by atoms with E-state index in [2.05, 4.69) is 10.1 Å². The second kappa shape index (κ2) is 7.35. The quantitative estimate of drug-likeness (QED) is 0.589. The van der Waals surface area contributed by atoms with Gasteiger partial charge in [-0.1, -0.05) is 18.5 Å². The molecule has 1 saturated carbocycles. The summed E-state index contributed by atoms with van der Waals surface area (Å²) in [5.74, 6) is 0.754. The summed E-state index contributed by atoms with van der Waals surface area (Å²) in [5, 5.41) is 3.95. The third-order valence-electron chi connectivity index (χ3n) is 6.00. The summed E-state index contributed by atoms with van der Waals surface area (Å²) < 4.78 is 40.0. The molecule has 1 aromatic carbocycles. The van der Waals surface area contributed by atoms with E-state index in [1.165, 1.54) is 16.7 Å². The van der Waals surface area contributed by atoms with Gasteiger partial charge in [-0.15, -0.1) is 0 Å². The van der Waals surface area contributed by atoms with E-state index in [0.717, 1.165) is 38.5 Å². The predicted octanol–water partition coefficient (Wildman–Crippen LogP) is 2.86. The van der Waals surface area contributed by atoms with Crippen molar-refractivity contribution in [3.05, 3.63) is 40.5 Å². The molecule has 0 unspecified atom stereocenters. The maximum atomic E-state index is 13.2. The lowest BCUT2D eigenvalue weighted by Gasteiger charge is -2.34. The average Bonchev–Trinajstić information content (AvgIpc) is 3.42. The zero-order chi connectivity index (χ0) is 20.9. The molecule has 3 aromatic rings. The van der Waals surface area contributed by atoms with E-state index in [0.29, 0.717) is 29.7 Å². The van der Waals surface area contributed by atoms with Crippen LogP contribution in [-0.4, -0.2) is 40.0 Å². The topological polar surface area (TPSA) is 111 Å². The number of hydrogen-bond acceptors (Lipinski definition) is 7. The number of hydrogen-bond donors (Lipinski definition) is 0. The Hall–Kier alpha value is -2.46. The molecule has 0 N–H and O–H groups in total. The second-order valence-corrected chi connectivity index (χ2v) is 9.97. The van der Waals surface area contributed by atoms with Crippen molar-refractivity contribution in [3.63, 3.8) is 0 Å². The molecule has 10 heteroatoms. The fraction of sp³-hybridized carbons (Fsp3) is 0.550. The molecule has 5 rings (SSSR count). The van der Waals surface area contributed by atoms with Crippen LogP contribution in [0.2, 0.25) is 0 Å². The SMILES string of the molecule is CC[C@@H]1CCCCN1S(=O)(=O)c1ccc2c(c1)oc(=O)n2Cc1noc(C2CC2)n1. The van der Waals surface area contributed by atoms with Crippen molar-refractivity contribution < 1.29 is 17.4 Å². The molecule has 1 aliphatic heterocycles. The van der Waals surface area contributed by atoms with Gasteiger partial charge >= 0.3 is 5.76 Å². The summed E-state index contributed by atoms with van der Waals surface area (Å²) >= 11 is 0. The molecular formula is C20H24N4O5S. The minimum Gasteiger partial charge on any atom is -0.408 e. The smallest absolute Gasteiger partial charge is 0.408 e. The van der Waals surface area contributed by atoms with Crippen molar-refractivity contribution in [2.45, 2.75) is 68.8 Å². The van der Waals surface area contributed by atoms with Crippen LogP contribution in [0, 0.1) is 0 Å². The lowest BCUT2D eigenvalue weighted by atomic mass is 10.0. The van der Waals surface area contributed by atoms with Gasteiger partial charge in [0.15, 0.2) is 11.4 Å². The molecule has 1 saturated heterocycles. The monoisotopic (exact) mass is 432 g/mol. The van der Waals surface area contributed by atoms with Crippen LogP contribution in [0.25, 0.3) is 11.1 Å². The highest BCUT2D eigenvalue weighted by Gasteiger charge is 2.33. The predicted molar refractivity (Wildman–Crippen MR) is 108 cm³/mol. The van der Waals surface area contributed by atoms with Crippen molar-refractivity contribution in [2.75, 3.05) is 6.54 Å². The lowest BCUT2D eigenvalue weighted by molar-refractivity contribution is 0.246. The molecule has 1 atom stereocenters. The summed E-state index contributed by atoms with van der Waals surface area (Å²) in [6.07, 6.45) is 5.64. The Morgan fingerprint density at radius 1 is 1.20 bits per heavy atom. The molecule has 0 spiro atoms. The molecule has 3 heterocycles. The molecule has 160 valence electrons. The zero-order valence-electron chi connectivity index (χ0n) is 16.8. The molecule has 2 aliphatic rings. The first-order chi connectivity index (χ1) is 14.5. The van der Waals surface area contributed by atoms with Gasteiger partial charge in [-0.3, -0.25) is 4.57 Å². The molecule has 0 radical (unpaired) electrons. The van der Waals surface area contributed by atoms with E-state index in [9.17, 15) is 13.2 Å². The van der Waals surface area contributed by atoms with E-state index in [-0.39, 0.29) is 23.1 Å². The number of aromatic nitrogens is 3. The van der Waals surface area contributed by atoms with Crippen molar-refractivity contribution in [2.24, 2.45) is 0 Å². The van der Waals surface area contributed by atoms with E-state index in [4.69, 9.17) is 8.94 Å². The molecular weight excluding hydrogens is 408 g/mol. The third-order valence-corrected chi connectivity index (χ3v) is 7.95. The van der Waals surface area contributed by atoms with Gasteiger partial charge in [-0.05, 0) is 44.2 Å². The average molecular weight is 433 g/mol. The Balaban J connectivity index is 1.47. The minimum atomic E-state index is -3.65. The van der Waals surface area contributed by atoms with Crippen molar-refractivity contribution >= 4 is 21.1 Å². The second-order valence-electron chi connectivity index (χ2n) is 8.08. The van der Waals surface area contributed by atoms with Gasteiger partial charge in [0.05, 0.1) is 17.0 Å². The van der Waals surface area contributed by atoms with Crippen LogP contribution in [0.4, 0.5) is 0 Å². The number of sulfonamides is 1. The first-order valence-electron chi connectivity index (χ1n) is 10.4.